The summed E-state index contributed by atoms with van der Waals surface area (Å²) in [5.74, 6) is 1.37. The third-order valence-electron chi connectivity index (χ3n) is 6.42. The first kappa shape index (κ1) is 22.3. The van der Waals surface area contributed by atoms with Crippen molar-refractivity contribution in [2.45, 2.75) is 12.5 Å². The molecule has 0 saturated carbocycles. The number of anilines is 1. The summed E-state index contributed by atoms with van der Waals surface area (Å²) in [6.45, 7) is 0. The molecule has 1 atom stereocenters. The maximum Gasteiger partial charge on any atom is 0.247 e. The molecule has 4 aromatic carbocycles. The van der Waals surface area contributed by atoms with Gasteiger partial charge in [0.15, 0.2) is 0 Å². The van der Waals surface area contributed by atoms with E-state index < -0.39 is 0 Å². The van der Waals surface area contributed by atoms with Crippen molar-refractivity contribution in [2.24, 2.45) is 5.10 Å². The highest BCUT2D eigenvalue weighted by molar-refractivity contribution is 6.31. The molecule has 6 heteroatoms. The molecule has 6 rings (SSSR count). The van der Waals surface area contributed by atoms with Crippen molar-refractivity contribution in [3.8, 4) is 17.0 Å². The van der Waals surface area contributed by atoms with E-state index in [-0.39, 0.29) is 6.04 Å². The lowest BCUT2D eigenvalue weighted by Crippen LogP contribution is -2.21. The summed E-state index contributed by atoms with van der Waals surface area (Å²) in [6.07, 6.45) is 0.735. The molecule has 5 nitrogen and oxygen atoms in total. The van der Waals surface area contributed by atoms with Crippen molar-refractivity contribution in [3.63, 3.8) is 0 Å². The number of benzene rings is 4. The Bertz CT molecular complexity index is 1550. The van der Waals surface area contributed by atoms with Crippen LogP contribution in [0.25, 0.3) is 22.2 Å². The van der Waals surface area contributed by atoms with Gasteiger partial charge in [0.2, 0.25) is 5.95 Å². The number of hydrazone groups is 1. The molecule has 1 unspecified atom stereocenters. The van der Waals surface area contributed by atoms with Gasteiger partial charge >= 0.3 is 0 Å². The van der Waals surface area contributed by atoms with E-state index in [0.29, 0.717) is 11.0 Å². The van der Waals surface area contributed by atoms with Crippen molar-refractivity contribution in [2.75, 3.05) is 12.1 Å². The minimum atomic E-state index is -0.0560. The lowest BCUT2D eigenvalue weighted by Gasteiger charge is -2.23. The van der Waals surface area contributed by atoms with Crippen molar-refractivity contribution in [3.05, 3.63) is 119 Å². The molecule has 0 N–H and O–H groups in total. The fourth-order valence-corrected chi connectivity index (χ4v) is 4.76. The van der Waals surface area contributed by atoms with Gasteiger partial charge in [-0.1, -0.05) is 84.4 Å². The lowest BCUT2D eigenvalue weighted by atomic mass is 9.98. The first-order chi connectivity index (χ1) is 17.7. The SMILES string of the molecule is COc1ccc(C2CC(c3ccccc3)=NN2c2nc(-c3ccccc3)c3cc(Cl)ccc3n2)cc1. The van der Waals surface area contributed by atoms with Crippen LogP contribution >= 0.6 is 11.6 Å². The van der Waals surface area contributed by atoms with Crippen molar-refractivity contribution >= 4 is 34.2 Å². The van der Waals surface area contributed by atoms with E-state index in [0.717, 1.165) is 51.2 Å². The van der Waals surface area contributed by atoms with Gasteiger partial charge in [-0.2, -0.15) is 5.10 Å². The van der Waals surface area contributed by atoms with Crippen LogP contribution in [0.2, 0.25) is 5.02 Å². The molecule has 0 amide bonds. The predicted molar refractivity (Wildman–Crippen MR) is 146 cm³/mol. The quantitative estimate of drug-likeness (QED) is 0.259. The molecule has 1 aromatic heterocycles. The van der Waals surface area contributed by atoms with E-state index in [9.17, 15) is 0 Å². The number of rotatable bonds is 5. The van der Waals surface area contributed by atoms with Gasteiger partial charge in [0.25, 0.3) is 0 Å². The Morgan fingerprint density at radius 3 is 2.19 bits per heavy atom. The molecule has 0 bridgehead atoms. The van der Waals surface area contributed by atoms with Gasteiger partial charge in [-0.15, -0.1) is 0 Å². The summed E-state index contributed by atoms with van der Waals surface area (Å²) >= 11 is 6.36. The van der Waals surface area contributed by atoms with E-state index in [4.69, 9.17) is 31.4 Å². The standard InChI is InChI=1S/C30H23ClN4O/c1-36-24-15-12-21(13-16-24)28-19-27(20-8-4-2-5-9-20)34-35(28)30-32-26-17-14-23(31)18-25(26)29(33-30)22-10-6-3-7-11-22/h2-18,28H,19H2,1H3. The molecule has 1 aliphatic rings. The summed E-state index contributed by atoms with van der Waals surface area (Å²) in [6, 6.07) is 34.2. The molecule has 0 spiro atoms. The van der Waals surface area contributed by atoms with Crippen LogP contribution < -0.4 is 9.75 Å². The molecule has 2 heterocycles. The largest absolute Gasteiger partial charge is 0.497 e. The van der Waals surface area contributed by atoms with Gasteiger partial charge in [0, 0.05) is 22.4 Å². The van der Waals surface area contributed by atoms with Gasteiger partial charge < -0.3 is 4.74 Å². The van der Waals surface area contributed by atoms with E-state index in [1.165, 1.54) is 0 Å². The zero-order valence-electron chi connectivity index (χ0n) is 19.7. The molecule has 0 fully saturated rings. The maximum absolute atomic E-state index is 6.36. The van der Waals surface area contributed by atoms with Gasteiger partial charge in [-0.05, 0) is 41.5 Å². The highest BCUT2D eigenvalue weighted by Gasteiger charge is 2.32. The smallest absolute Gasteiger partial charge is 0.247 e. The zero-order valence-corrected chi connectivity index (χ0v) is 20.4. The highest BCUT2D eigenvalue weighted by atomic mass is 35.5. The van der Waals surface area contributed by atoms with Crippen molar-refractivity contribution in [1.29, 1.82) is 0 Å². The van der Waals surface area contributed by atoms with Crippen LogP contribution in [0.4, 0.5) is 5.95 Å². The van der Waals surface area contributed by atoms with E-state index in [1.807, 2.05) is 71.7 Å². The summed E-state index contributed by atoms with van der Waals surface area (Å²) in [5, 5.41) is 8.56. The summed E-state index contributed by atoms with van der Waals surface area (Å²) in [4.78, 5) is 10.0. The monoisotopic (exact) mass is 490 g/mol. The van der Waals surface area contributed by atoms with Gasteiger partial charge in [0.05, 0.1) is 30.1 Å². The van der Waals surface area contributed by atoms with Crippen LogP contribution in [0.1, 0.15) is 23.6 Å². The summed E-state index contributed by atoms with van der Waals surface area (Å²) < 4.78 is 5.38. The summed E-state index contributed by atoms with van der Waals surface area (Å²) in [7, 11) is 1.67. The fourth-order valence-electron chi connectivity index (χ4n) is 4.59. The Kier molecular flexibility index (Phi) is 5.84. The number of aromatic nitrogens is 2. The van der Waals surface area contributed by atoms with Gasteiger partial charge in [-0.3, -0.25) is 0 Å². The molecule has 176 valence electrons. The van der Waals surface area contributed by atoms with Crippen molar-refractivity contribution < 1.29 is 4.74 Å². The Morgan fingerprint density at radius 1 is 0.806 bits per heavy atom. The Hall–Kier alpha value is -4.22. The first-order valence-electron chi connectivity index (χ1n) is 11.8. The van der Waals surface area contributed by atoms with Crippen LogP contribution in [0.15, 0.2) is 108 Å². The molecular weight excluding hydrogens is 468 g/mol. The fraction of sp³-hybridized carbons (Fsp3) is 0.100. The highest BCUT2D eigenvalue weighted by Crippen LogP contribution is 2.38. The topological polar surface area (TPSA) is 50.6 Å². The first-order valence-corrected chi connectivity index (χ1v) is 12.2. The average Bonchev–Trinajstić information content (AvgIpc) is 3.39. The number of fused-ring (bicyclic) bond motifs is 1. The van der Waals surface area contributed by atoms with Crippen LogP contribution in [0.3, 0.4) is 0 Å². The average molecular weight is 491 g/mol. The van der Waals surface area contributed by atoms with E-state index in [1.54, 1.807) is 7.11 Å². The Morgan fingerprint density at radius 2 is 1.50 bits per heavy atom. The molecule has 5 aromatic rings. The molecular formula is C30H23ClN4O. The molecule has 0 radical (unpaired) electrons. The lowest BCUT2D eigenvalue weighted by molar-refractivity contribution is 0.414. The number of ether oxygens (including phenoxy) is 1. The van der Waals surface area contributed by atoms with E-state index >= 15 is 0 Å². The minimum absolute atomic E-state index is 0.0560. The Balaban J connectivity index is 1.52. The predicted octanol–water partition coefficient (Wildman–Crippen LogP) is 7.31. The van der Waals surface area contributed by atoms with Gasteiger partial charge in [0.1, 0.15) is 5.75 Å². The third-order valence-corrected chi connectivity index (χ3v) is 6.65. The normalized spacial score (nSPS) is 15.2. The number of hydrogen-bond acceptors (Lipinski definition) is 5. The number of nitrogens with zero attached hydrogens (tertiary/aromatic N) is 4. The Labute approximate surface area is 214 Å². The number of halogens is 1. The van der Waals surface area contributed by atoms with E-state index in [2.05, 4.69) is 36.4 Å². The van der Waals surface area contributed by atoms with Crippen LogP contribution in [-0.4, -0.2) is 22.8 Å². The zero-order chi connectivity index (χ0) is 24.5. The third kappa shape index (κ3) is 4.18. The van der Waals surface area contributed by atoms with Crippen molar-refractivity contribution in [1.82, 2.24) is 9.97 Å². The maximum atomic E-state index is 6.36. The van der Waals surface area contributed by atoms with Gasteiger partial charge in [-0.25, -0.2) is 15.0 Å². The molecule has 36 heavy (non-hydrogen) atoms. The van der Waals surface area contributed by atoms with Crippen LogP contribution in [0, 0.1) is 0 Å². The molecule has 0 saturated heterocycles. The second-order valence-corrected chi connectivity index (χ2v) is 9.09. The number of methoxy groups -OCH3 is 1. The number of hydrogen-bond donors (Lipinski definition) is 0. The second kappa shape index (κ2) is 9.44. The second-order valence-electron chi connectivity index (χ2n) is 8.65. The molecule has 0 aliphatic carbocycles. The minimum Gasteiger partial charge on any atom is -0.497 e. The van der Waals surface area contributed by atoms with Crippen LogP contribution in [0.5, 0.6) is 5.75 Å². The summed E-state index contributed by atoms with van der Waals surface area (Å²) in [5.41, 5.74) is 5.86. The van der Waals surface area contributed by atoms with Crippen LogP contribution in [-0.2, 0) is 0 Å². The molecule has 1 aliphatic heterocycles.